The number of likely N-dealkylation sites (N-methyl/N-ethyl adjacent to an activating group) is 1. The van der Waals surface area contributed by atoms with Crippen LogP contribution in [0.2, 0.25) is 0 Å². The van der Waals surface area contributed by atoms with Crippen molar-refractivity contribution in [1.82, 2.24) is 24.6 Å². The molecule has 9 nitrogen and oxygen atoms in total. The number of fused-ring (bicyclic) bond motifs is 5. The fourth-order valence-corrected chi connectivity index (χ4v) is 4.69. The number of nitriles is 1. The van der Waals surface area contributed by atoms with Gasteiger partial charge in [-0.3, -0.25) is 9.58 Å². The first-order valence-corrected chi connectivity index (χ1v) is 10.7. The second kappa shape index (κ2) is 7.71. The van der Waals surface area contributed by atoms with Gasteiger partial charge in [-0.05, 0) is 45.0 Å². The Morgan fingerprint density at radius 1 is 1.30 bits per heavy atom. The minimum atomic E-state index is -0.609. The maximum atomic E-state index is 14.2. The predicted octanol–water partition coefficient (Wildman–Crippen LogP) is 2.62. The molecule has 170 valence electrons. The highest BCUT2D eigenvalue weighted by Gasteiger charge is 2.44. The van der Waals surface area contributed by atoms with E-state index in [9.17, 15) is 9.65 Å². The minimum absolute atomic E-state index is 0.0976. The Kier molecular flexibility index (Phi) is 4.94. The largest absolute Gasteiger partial charge is 0.484 e. The number of rotatable bonds is 0. The number of aryl methyl sites for hydroxylation is 2. The number of benzene rings is 1. The number of halogens is 1. The van der Waals surface area contributed by atoms with Crippen molar-refractivity contribution in [2.75, 3.05) is 25.9 Å². The standard InChI is InChI=1S/C23H24FN7O2/c1-13-15-8-14(24)4-5-19(15)33-23(11-30(2)12-23)7-6-16-20(18(9-25)31(3)29-16)17-10-27-21(26)22(28-17)32-13/h4-5,8,10,13H,6-7,11-12H2,1-3H3,(H2,26,27). The average Bonchev–Trinajstić information content (AvgIpc) is 3.08. The van der Waals surface area contributed by atoms with Crippen molar-refractivity contribution >= 4 is 5.82 Å². The van der Waals surface area contributed by atoms with E-state index in [0.29, 0.717) is 54.2 Å². The predicted molar refractivity (Wildman–Crippen MR) is 118 cm³/mol. The Bertz CT molecular complexity index is 1280. The van der Waals surface area contributed by atoms with Crippen LogP contribution in [0.3, 0.4) is 0 Å². The zero-order chi connectivity index (χ0) is 23.3. The molecular formula is C23H24FN7O2. The van der Waals surface area contributed by atoms with Gasteiger partial charge in [0.25, 0.3) is 5.88 Å². The van der Waals surface area contributed by atoms with Gasteiger partial charge < -0.3 is 15.2 Å². The molecule has 2 aliphatic heterocycles. The topological polar surface area (TPSA) is 115 Å². The molecule has 5 rings (SSSR count). The van der Waals surface area contributed by atoms with Gasteiger partial charge in [-0.1, -0.05) is 0 Å². The lowest BCUT2D eigenvalue weighted by Crippen LogP contribution is -2.63. The number of nitrogens with two attached hydrogens (primary N) is 1. The maximum absolute atomic E-state index is 14.2. The quantitative estimate of drug-likeness (QED) is 0.557. The van der Waals surface area contributed by atoms with E-state index >= 15 is 0 Å². The molecule has 2 N–H and O–H groups in total. The molecule has 33 heavy (non-hydrogen) atoms. The summed E-state index contributed by atoms with van der Waals surface area (Å²) in [6.07, 6.45) is 2.13. The van der Waals surface area contributed by atoms with Gasteiger partial charge in [0.1, 0.15) is 35.0 Å². The lowest BCUT2D eigenvalue weighted by Gasteiger charge is -2.48. The molecule has 0 saturated carbocycles. The number of likely N-dealkylation sites (tertiary alicyclic amines) is 1. The van der Waals surface area contributed by atoms with Crippen molar-refractivity contribution in [3.63, 3.8) is 0 Å². The van der Waals surface area contributed by atoms with Crippen LogP contribution in [0.4, 0.5) is 10.2 Å². The summed E-state index contributed by atoms with van der Waals surface area (Å²) in [6, 6.07) is 6.64. The van der Waals surface area contributed by atoms with Gasteiger partial charge in [0, 0.05) is 25.7 Å². The van der Waals surface area contributed by atoms with E-state index < -0.39 is 11.7 Å². The third-order valence-electron chi connectivity index (χ3n) is 6.21. The maximum Gasteiger partial charge on any atom is 0.258 e. The van der Waals surface area contributed by atoms with Crippen molar-refractivity contribution in [2.24, 2.45) is 7.05 Å². The summed E-state index contributed by atoms with van der Waals surface area (Å²) < 4.78 is 28.3. The highest BCUT2D eigenvalue weighted by molar-refractivity contribution is 5.69. The molecule has 1 aromatic carbocycles. The number of nitrogen functional groups attached to an aromatic ring is 1. The molecule has 1 saturated heterocycles. The fraction of sp³-hybridized carbons (Fsp3) is 0.391. The lowest BCUT2D eigenvalue weighted by atomic mass is 9.87. The number of aromatic nitrogens is 4. The molecule has 0 amide bonds. The smallest absolute Gasteiger partial charge is 0.258 e. The molecule has 1 fully saturated rings. The lowest BCUT2D eigenvalue weighted by molar-refractivity contribution is -0.0711. The SMILES string of the molecule is CC1Oc2nc(cnc2N)-c2c(nn(C)c2C#N)CCC2(CN(C)C2)Oc2ccc(F)cc21. The third-order valence-corrected chi connectivity index (χ3v) is 6.21. The van der Waals surface area contributed by atoms with Gasteiger partial charge in [-0.15, -0.1) is 0 Å². The van der Waals surface area contributed by atoms with E-state index in [4.69, 9.17) is 15.2 Å². The van der Waals surface area contributed by atoms with E-state index in [1.165, 1.54) is 18.3 Å². The molecule has 2 aromatic heterocycles. The van der Waals surface area contributed by atoms with E-state index in [1.54, 1.807) is 24.7 Å². The summed E-state index contributed by atoms with van der Waals surface area (Å²) in [7, 11) is 3.75. The molecule has 2 aliphatic rings. The van der Waals surface area contributed by atoms with Crippen LogP contribution in [0.25, 0.3) is 11.3 Å². The Morgan fingerprint density at radius 2 is 2.09 bits per heavy atom. The van der Waals surface area contributed by atoms with Crippen LogP contribution in [0.1, 0.15) is 36.4 Å². The monoisotopic (exact) mass is 449 g/mol. The molecule has 10 heteroatoms. The molecule has 1 atom stereocenters. The highest BCUT2D eigenvalue weighted by Crippen LogP contribution is 2.39. The van der Waals surface area contributed by atoms with Crippen molar-refractivity contribution in [1.29, 1.82) is 5.26 Å². The van der Waals surface area contributed by atoms with Crippen LogP contribution >= 0.6 is 0 Å². The molecule has 0 aliphatic carbocycles. The average molecular weight is 449 g/mol. The zero-order valence-corrected chi connectivity index (χ0v) is 18.7. The van der Waals surface area contributed by atoms with Crippen LogP contribution in [0.5, 0.6) is 11.6 Å². The molecule has 4 heterocycles. The van der Waals surface area contributed by atoms with Gasteiger partial charge in [-0.25, -0.2) is 14.4 Å². The van der Waals surface area contributed by atoms with Gasteiger partial charge in [-0.2, -0.15) is 10.4 Å². The van der Waals surface area contributed by atoms with Crippen molar-refractivity contribution < 1.29 is 13.9 Å². The summed E-state index contributed by atoms with van der Waals surface area (Å²) >= 11 is 0. The van der Waals surface area contributed by atoms with Crippen LogP contribution in [0.15, 0.2) is 24.4 Å². The normalized spacial score (nSPS) is 19.4. The fourth-order valence-electron chi connectivity index (χ4n) is 4.69. The number of hydrogen-bond acceptors (Lipinski definition) is 8. The minimum Gasteiger partial charge on any atom is -0.484 e. The zero-order valence-electron chi connectivity index (χ0n) is 18.7. The molecule has 1 unspecified atom stereocenters. The highest BCUT2D eigenvalue weighted by atomic mass is 19.1. The Hall–Kier alpha value is -3.71. The van der Waals surface area contributed by atoms with Gasteiger partial charge in [0.15, 0.2) is 5.82 Å². The summed E-state index contributed by atoms with van der Waals surface area (Å²) in [5.74, 6) is 0.366. The first-order chi connectivity index (χ1) is 15.8. The van der Waals surface area contributed by atoms with Crippen LogP contribution in [-0.2, 0) is 13.5 Å². The molecule has 0 radical (unpaired) electrons. The number of ether oxygens (including phenoxy) is 2. The Morgan fingerprint density at radius 3 is 2.82 bits per heavy atom. The number of nitrogens with zero attached hydrogens (tertiary/aromatic N) is 6. The molecule has 2 bridgehead atoms. The Balaban J connectivity index is 1.68. The Labute approximate surface area is 190 Å². The second-order valence-corrected chi connectivity index (χ2v) is 8.75. The van der Waals surface area contributed by atoms with Crippen molar-refractivity contribution in [3.8, 4) is 29.0 Å². The van der Waals surface area contributed by atoms with Crippen LogP contribution in [0, 0.1) is 17.1 Å². The number of anilines is 1. The summed E-state index contributed by atoms with van der Waals surface area (Å²) in [4.78, 5) is 11.0. The summed E-state index contributed by atoms with van der Waals surface area (Å²) in [5.41, 5.74) is 8.29. The number of hydrogen-bond donors (Lipinski definition) is 1. The first-order valence-electron chi connectivity index (χ1n) is 10.7. The molecular weight excluding hydrogens is 425 g/mol. The summed E-state index contributed by atoms with van der Waals surface area (Å²) in [6.45, 7) is 3.21. The van der Waals surface area contributed by atoms with Crippen molar-refractivity contribution in [3.05, 3.63) is 47.2 Å². The van der Waals surface area contributed by atoms with Crippen LogP contribution < -0.4 is 15.2 Å². The van der Waals surface area contributed by atoms with E-state index in [-0.39, 0.29) is 17.5 Å². The van der Waals surface area contributed by atoms with E-state index in [0.717, 1.165) is 5.69 Å². The van der Waals surface area contributed by atoms with E-state index in [1.807, 2.05) is 7.05 Å². The van der Waals surface area contributed by atoms with Gasteiger partial charge >= 0.3 is 0 Å². The van der Waals surface area contributed by atoms with Gasteiger partial charge in [0.05, 0.1) is 23.1 Å². The first kappa shape index (κ1) is 21.2. The van der Waals surface area contributed by atoms with Gasteiger partial charge in [0.2, 0.25) is 0 Å². The van der Waals surface area contributed by atoms with Crippen LogP contribution in [-0.4, -0.2) is 50.4 Å². The van der Waals surface area contributed by atoms with E-state index in [2.05, 4.69) is 26.0 Å². The molecule has 1 spiro atoms. The third kappa shape index (κ3) is 3.64. The molecule has 3 aromatic rings. The van der Waals surface area contributed by atoms with Crippen molar-refractivity contribution in [2.45, 2.75) is 31.5 Å². The second-order valence-electron chi connectivity index (χ2n) is 8.75. The summed E-state index contributed by atoms with van der Waals surface area (Å²) in [5, 5.41) is 14.4.